The van der Waals surface area contributed by atoms with Crippen molar-refractivity contribution in [1.29, 1.82) is 0 Å². The van der Waals surface area contributed by atoms with Gasteiger partial charge in [-0.3, -0.25) is 4.79 Å². The first-order valence-corrected chi connectivity index (χ1v) is 8.14. The van der Waals surface area contributed by atoms with Gasteiger partial charge in [-0.15, -0.1) is 0 Å². The molecule has 0 aromatic heterocycles. The van der Waals surface area contributed by atoms with E-state index in [0.29, 0.717) is 13.0 Å². The Labute approximate surface area is 139 Å². The SMILES string of the molecule is CCOc1ccc(CCC(=O)N2C[C@@H](N)CC[C@@H]2C(F)(F)F)cc1. The number of alkyl halides is 3. The molecule has 2 N–H and O–H groups in total. The predicted octanol–water partition coefficient (Wildman–Crippen LogP) is 2.90. The normalized spacial score (nSPS) is 21.6. The number of nitrogens with two attached hydrogens (primary N) is 1. The van der Waals surface area contributed by atoms with Crippen molar-refractivity contribution in [2.24, 2.45) is 5.73 Å². The second-order valence-corrected chi connectivity index (χ2v) is 6.02. The van der Waals surface area contributed by atoms with E-state index in [1.807, 2.05) is 19.1 Å². The van der Waals surface area contributed by atoms with Crippen molar-refractivity contribution < 1.29 is 22.7 Å². The molecular formula is C17H23F3N2O2. The maximum absolute atomic E-state index is 13.1. The molecule has 0 radical (unpaired) electrons. The first-order valence-electron chi connectivity index (χ1n) is 8.14. The van der Waals surface area contributed by atoms with Crippen LogP contribution >= 0.6 is 0 Å². The van der Waals surface area contributed by atoms with Crippen LogP contribution in [-0.2, 0) is 11.2 Å². The second-order valence-electron chi connectivity index (χ2n) is 6.02. The van der Waals surface area contributed by atoms with Crippen molar-refractivity contribution in [3.05, 3.63) is 29.8 Å². The van der Waals surface area contributed by atoms with Crippen molar-refractivity contribution in [2.75, 3.05) is 13.2 Å². The summed E-state index contributed by atoms with van der Waals surface area (Å²) >= 11 is 0. The number of rotatable bonds is 5. The van der Waals surface area contributed by atoms with Gasteiger partial charge in [0.15, 0.2) is 0 Å². The fourth-order valence-electron chi connectivity index (χ4n) is 2.93. The number of halogens is 3. The molecular weight excluding hydrogens is 321 g/mol. The van der Waals surface area contributed by atoms with E-state index in [-0.39, 0.29) is 25.8 Å². The topological polar surface area (TPSA) is 55.6 Å². The summed E-state index contributed by atoms with van der Waals surface area (Å²) in [5.41, 5.74) is 6.63. The number of amides is 1. The molecule has 134 valence electrons. The molecule has 0 unspecified atom stereocenters. The van der Waals surface area contributed by atoms with Crippen LogP contribution in [0.5, 0.6) is 5.75 Å². The number of hydrogen-bond donors (Lipinski definition) is 1. The molecule has 1 aromatic carbocycles. The van der Waals surface area contributed by atoms with E-state index in [4.69, 9.17) is 10.5 Å². The van der Waals surface area contributed by atoms with Gasteiger partial charge in [-0.05, 0) is 43.9 Å². The van der Waals surface area contributed by atoms with Crippen molar-refractivity contribution in [3.63, 3.8) is 0 Å². The van der Waals surface area contributed by atoms with Gasteiger partial charge in [0, 0.05) is 19.0 Å². The van der Waals surface area contributed by atoms with Crippen molar-refractivity contribution in [2.45, 2.75) is 50.9 Å². The fourth-order valence-corrected chi connectivity index (χ4v) is 2.93. The van der Waals surface area contributed by atoms with Crippen molar-refractivity contribution >= 4 is 5.91 Å². The van der Waals surface area contributed by atoms with E-state index >= 15 is 0 Å². The average molecular weight is 344 g/mol. The molecule has 1 aromatic rings. The number of carbonyl (C=O) groups is 1. The summed E-state index contributed by atoms with van der Waals surface area (Å²) in [7, 11) is 0. The Hall–Kier alpha value is -1.76. The minimum absolute atomic E-state index is 0.0350. The monoisotopic (exact) mass is 344 g/mol. The maximum atomic E-state index is 13.1. The summed E-state index contributed by atoms with van der Waals surface area (Å²) in [4.78, 5) is 13.2. The van der Waals surface area contributed by atoms with Crippen LogP contribution in [0.1, 0.15) is 31.7 Å². The quantitative estimate of drug-likeness (QED) is 0.894. The molecule has 1 amide bonds. The predicted molar refractivity (Wildman–Crippen MR) is 84.7 cm³/mol. The molecule has 1 aliphatic heterocycles. The number of piperidine rings is 1. The Bertz CT molecular complexity index is 546. The maximum Gasteiger partial charge on any atom is 0.408 e. The van der Waals surface area contributed by atoms with E-state index in [1.165, 1.54) is 0 Å². The Kier molecular flexibility index (Phi) is 6.10. The third-order valence-electron chi connectivity index (χ3n) is 4.18. The smallest absolute Gasteiger partial charge is 0.408 e. The van der Waals surface area contributed by atoms with E-state index < -0.39 is 24.2 Å². The van der Waals surface area contributed by atoms with Gasteiger partial charge >= 0.3 is 6.18 Å². The molecule has 0 bridgehead atoms. The van der Waals surface area contributed by atoms with Gasteiger partial charge in [0.2, 0.25) is 5.91 Å². The highest BCUT2D eigenvalue weighted by Crippen LogP contribution is 2.32. The average Bonchev–Trinajstić information content (AvgIpc) is 2.53. The zero-order valence-electron chi connectivity index (χ0n) is 13.7. The lowest BCUT2D eigenvalue weighted by atomic mass is 9.97. The molecule has 1 fully saturated rings. The highest BCUT2D eigenvalue weighted by molar-refractivity contribution is 5.77. The Morgan fingerprint density at radius 3 is 2.54 bits per heavy atom. The van der Waals surface area contributed by atoms with Gasteiger partial charge in [-0.1, -0.05) is 12.1 Å². The van der Waals surface area contributed by atoms with Gasteiger partial charge in [0.1, 0.15) is 11.8 Å². The summed E-state index contributed by atoms with van der Waals surface area (Å²) in [5, 5.41) is 0. The fraction of sp³-hybridized carbons (Fsp3) is 0.588. The van der Waals surface area contributed by atoms with Crippen LogP contribution in [0.3, 0.4) is 0 Å². The second kappa shape index (κ2) is 7.88. The largest absolute Gasteiger partial charge is 0.494 e. The van der Waals surface area contributed by atoms with E-state index in [9.17, 15) is 18.0 Å². The summed E-state index contributed by atoms with van der Waals surface area (Å²) < 4.78 is 44.7. The Balaban J connectivity index is 1.96. The molecule has 2 rings (SSSR count). The number of nitrogens with zero attached hydrogens (tertiary/aromatic N) is 1. The lowest BCUT2D eigenvalue weighted by Gasteiger charge is -2.39. The highest BCUT2D eigenvalue weighted by atomic mass is 19.4. The highest BCUT2D eigenvalue weighted by Gasteiger charge is 2.47. The number of carbonyl (C=O) groups excluding carboxylic acids is 1. The van der Waals surface area contributed by atoms with Gasteiger partial charge < -0.3 is 15.4 Å². The third kappa shape index (κ3) is 4.87. The van der Waals surface area contributed by atoms with Crippen LogP contribution in [0.4, 0.5) is 13.2 Å². The molecule has 0 saturated carbocycles. The molecule has 0 aliphatic carbocycles. The summed E-state index contributed by atoms with van der Waals surface area (Å²) in [6, 6.07) is 5.11. The zero-order valence-corrected chi connectivity index (χ0v) is 13.7. The Morgan fingerprint density at radius 2 is 1.96 bits per heavy atom. The van der Waals surface area contributed by atoms with Crippen LogP contribution in [-0.4, -0.2) is 42.2 Å². The lowest BCUT2D eigenvalue weighted by Crippen LogP contribution is -2.56. The minimum atomic E-state index is -4.41. The third-order valence-corrected chi connectivity index (χ3v) is 4.18. The lowest BCUT2D eigenvalue weighted by molar-refractivity contribution is -0.196. The standard InChI is InChI=1S/C17H23F3N2O2/c1-2-24-14-7-3-12(4-8-14)5-10-16(23)22-11-13(21)6-9-15(22)17(18,19)20/h3-4,7-8,13,15H,2,5-6,9-11,21H2,1H3/t13-,15+/m0/s1. The summed E-state index contributed by atoms with van der Waals surface area (Å²) in [5.74, 6) is 0.230. The molecule has 24 heavy (non-hydrogen) atoms. The molecule has 1 aliphatic rings. The van der Waals surface area contributed by atoms with Crippen molar-refractivity contribution in [1.82, 2.24) is 4.90 Å². The van der Waals surface area contributed by atoms with Gasteiger partial charge in [0.05, 0.1) is 6.61 Å². The Morgan fingerprint density at radius 1 is 1.29 bits per heavy atom. The van der Waals surface area contributed by atoms with Crippen LogP contribution in [0.15, 0.2) is 24.3 Å². The van der Waals surface area contributed by atoms with E-state index in [0.717, 1.165) is 16.2 Å². The summed E-state index contributed by atoms with van der Waals surface area (Å²) in [6.07, 6.45) is -3.82. The van der Waals surface area contributed by atoms with Gasteiger partial charge in [-0.2, -0.15) is 13.2 Å². The number of aryl methyl sites for hydroxylation is 1. The number of ether oxygens (including phenoxy) is 1. The van der Waals surface area contributed by atoms with Crippen LogP contribution < -0.4 is 10.5 Å². The first kappa shape index (κ1) is 18.6. The molecule has 2 atom stereocenters. The minimum Gasteiger partial charge on any atom is -0.494 e. The van der Waals surface area contributed by atoms with Gasteiger partial charge in [-0.25, -0.2) is 0 Å². The molecule has 4 nitrogen and oxygen atoms in total. The molecule has 7 heteroatoms. The first-order chi connectivity index (χ1) is 11.3. The van der Waals surface area contributed by atoms with Crippen LogP contribution in [0.2, 0.25) is 0 Å². The van der Waals surface area contributed by atoms with Crippen LogP contribution in [0.25, 0.3) is 0 Å². The van der Waals surface area contributed by atoms with E-state index in [1.54, 1.807) is 12.1 Å². The molecule has 1 saturated heterocycles. The van der Waals surface area contributed by atoms with Gasteiger partial charge in [0.25, 0.3) is 0 Å². The zero-order chi connectivity index (χ0) is 17.7. The van der Waals surface area contributed by atoms with E-state index in [2.05, 4.69) is 0 Å². The molecule has 0 spiro atoms. The number of likely N-dealkylation sites (tertiary alicyclic amines) is 1. The molecule has 1 heterocycles. The van der Waals surface area contributed by atoms with Crippen molar-refractivity contribution in [3.8, 4) is 5.75 Å². The van der Waals surface area contributed by atoms with Crippen LogP contribution in [0, 0.1) is 0 Å². The summed E-state index contributed by atoms with van der Waals surface area (Å²) in [6.45, 7) is 2.41. The number of benzene rings is 1. The number of hydrogen-bond acceptors (Lipinski definition) is 3.